The van der Waals surface area contributed by atoms with E-state index in [9.17, 15) is 85.6 Å². The monoisotopic (exact) mass is 877 g/mol. The number of carbonyl (C=O) groups is 4. The van der Waals surface area contributed by atoms with Crippen LogP contribution in [-0.4, -0.2) is 245 Å². The molecule has 0 radical (unpaired) electrons. The molecule has 27 nitrogen and oxygen atoms in total. The summed E-state index contributed by atoms with van der Waals surface area (Å²) in [5.41, 5.74) is 0. The molecule has 4 aliphatic heterocycles. The molecule has 4 rings (SSSR count). The summed E-state index contributed by atoms with van der Waals surface area (Å²) < 4.78 is 39.3. The van der Waals surface area contributed by atoms with Crippen molar-refractivity contribution in [2.75, 3.05) is 26.4 Å². The van der Waals surface area contributed by atoms with E-state index in [2.05, 4.69) is 16.0 Å². The maximum Gasteiger partial charge on any atom is 0.364 e. The van der Waals surface area contributed by atoms with Gasteiger partial charge in [0.05, 0.1) is 38.6 Å². The summed E-state index contributed by atoms with van der Waals surface area (Å²) in [6.07, 6.45) is -33.3. The maximum atomic E-state index is 12.7. The molecule has 60 heavy (non-hydrogen) atoms. The molecule has 4 heterocycles. The van der Waals surface area contributed by atoms with E-state index in [0.717, 1.165) is 20.8 Å². The third kappa shape index (κ3) is 11.0. The van der Waals surface area contributed by atoms with E-state index in [0.29, 0.717) is 0 Å². The molecule has 0 spiro atoms. The topological polar surface area (TPSA) is 432 Å². The zero-order valence-corrected chi connectivity index (χ0v) is 32.4. The first-order valence-electron chi connectivity index (χ1n) is 18.7. The zero-order chi connectivity index (χ0) is 45.0. The first kappa shape index (κ1) is 49.8. The first-order chi connectivity index (χ1) is 28.1. The van der Waals surface area contributed by atoms with Crippen LogP contribution >= 0.6 is 0 Å². The van der Waals surface area contributed by atoms with Crippen LogP contribution in [0, 0.1) is 0 Å². The Balaban J connectivity index is 1.61. The molecule has 0 aliphatic carbocycles. The highest BCUT2D eigenvalue weighted by molar-refractivity contribution is 5.76. The molecule has 4 fully saturated rings. The van der Waals surface area contributed by atoms with Crippen LogP contribution in [0.2, 0.25) is 0 Å². The molecule has 3 amide bonds. The van der Waals surface area contributed by atoms with Gasteiger partial charge in [0.25, 0.3) is 5.79 Å². The Morgan fingerprint density at radius 1 is 0.667 bits per heavy atom. The lowest BCUT2D eigenvalue weighted by Gasteiger charge is -2.49. The molecule has 346 valence electrons. The molecule has 0 bridgehead atoms. The molecule has 4 saturated heterocycles. The van der Waals surface area contributed by atoms with Gasteiger partial charge in [0.2, 0.25) is 17.7 Å². The van der Waals surface area contributed by atoms with Crippen LogP contribution in [0.1, 0.15) is 27.2 Å². The number of carbonyl (C=O) groups excluding carboxylic acids is 3. The summed E-state index contributed by atoms with van der Waals surface area (Å²) in [4.78, 5) is 48.7. The van der Waals surface area contributed by atoms with Gasteiger partial charge in [-0.3, -0.25) is 14.4 Å². The van der Waals surface area contributed by atoms with Gasteiger partial charge in [-0.25, -0.2) is 4.79 Å². The summed E-state index contributed by atoms with van der Waals surface area (Å²) in [7, 11) is 0. The van der Waals surface area contributed by atoms with E-state index < -0.39 is 185 Å². The molecule has 27 heteroatoms. The van der Waals surface area contributed by atoms with Crippen molar-refractivity contribution >= 4 is 23.7 Å². The number of ether oxygens (including phenoxy) is 7. The Bertz CT molecular complexity index is 1470. The average molecular weight is 878 g/mol. The molecule has 0 aromatic heterocycles. The van der Waals surface area contributed by atoms with Crippen molar-refractivity contribution in [2.45, 2.75) is 155 Å². The highest BCUT2D eigenvalue weighted by Crippen LogP contribution is 2.36. The Labute approximate surface area is 340 Å². The second-order valence-corrected chi connectivity index (χ2v) is 14.8. The highest BCUT2D eigenvalue weighted by Gasteiger charge is 2.58. The third-order valence-corrected chi connectivity index (χ3v) is 10.4. The van der Waals surface area contributed by atoms with E-state index in [4.69, 9.17) is 33.2 Å². The van der Waals surface area contributed by atoms with Crippen molar-refractivity contribution in [3.63, 3.8) is 0 Å². The smallest absolute Gasteiger partial charge is 0.364 e. The molecule has 0 aromatic rings. The normalized spacial score (nSPS) is 43.3. The number of aliphatic hydroxyl groups is 12. The molecule has 0 aromatic carbocycles. The molecule has 0 saturated carbocycles. The molecule has 21 atom stereocenters. The lowest BCUT2D eigenvalue weighted by molar-refractivity contribution is -0.368. The molecule has 16 N–H and O–H groups in total. The standard InChI is InChI=1S/C33H55N3O24/c1-9(40)34-17-12(43)4-33(32(52)53,60-27(17)20(45)13(44)5-37)54-8-16-23(48)26(19(29(51)55-16)36-11(3)42)58-31-25(50)28(22(47)15(7-39)57-31)59-30-18(35-10(2)41)24(49)21(46)14(6-38)56-30/h12-31,37-39,43-51H,4-8H2,1-3H3,(H,34,40)(H,35,41)(H,36,42)(H,52,53)/t12-,13+,14+,15+,16+,17+,18+,19+,20+,21+,22-,23-,24+,25+,26+,27+,28-,29?,30-,31?,33+/m0/s1. The van der Waals surface area contributed by atoms with Crippen molar-refractivity contribution in [1.82, 2.24) is 16.0 Å². The van der Waals surface area contributed by atoms with Gasteiger partial charge in [-0.1, -0.05) is 0 Å². The van der Waals surface area contributed by atoms with Crippen molar-refractivity contribution in [3.8, 4) is 0 Å². The Hall–Kier alpha value is -2.88. The number of carboxylic acid groups (broad SMARTS) is 1. The number of aliphatic carboxylic acids is 1. The number of hydrogen-bond acceptors (Lipinski definition) is 23. The highest BCUT2D eigenvalue weighted by atomic mass is 16.8. The van der Waals surface area contributed by atoms with E-state index in [-0.39, 0.29) is 0 Å². The average Bonchev–Trinajstić information content (AvgIpc) is 3.18. The molecular formula is C33H55N3O24. The summed E-state index contributed by atoms with van der Waals surface area (Å²) in [6.45, 7) is -0.856. The number of amides is 3. The zero-order valence-electron chi connectivity index (χ0n) is 32.4. The van der Waals surface area contributed by atoms with Gasteiger partial charge < -0.3 is 115 Å². The summed E-state index contributed by atoms with van der Waals surface area (Å²) in [6, 6.07) is -4.82. The predicted octanol–water partition coefficient (Wildman–Crippen LogP) is -10.1. The van der Waals surface area contributed by atoms with Gasteiger partial charge in [-0.15, -0.1) is 0 Å². The van der Waals surface area contributed by atoms with E-state index in [1.54, 1.807) is 0 Å². The Kier molecular flexibility index (Phi) is 17.4. The fourth-order valence-electron chi connectivity index (χ4n) is 7.34. The lowest BCUT2D eigenvalue weighted by Crippen LogP contribution is -2.70. The summed E-state index contributed by atoms with van der Waals surface area (Å²) in [5.74, 6) is -7.17. The number of hydrogen-bond donors (Lipinski definition) is 16. The number of aliphatic hydroxyl groups excluding tert-OH is 12. The van der Waals surface area contributed by atoms with E-state index in [1.807, 2.05) is 0 Å². The lowest BCUT2D eigenvalue weighted by atomic mass is 9.88. The van der Waals surface area contributed by atoms with Gasteiger partial charge in [0, 0.05) is 27.2 Å². The largest absolute Gasteiger partial charge is 0.477 e. The molecule has 2 unspecified atom stereocenters. The number of nitrogens with one attached hydrogen (secondary N) is 3. The number of rotatable bonds is 16. The molecule has 4 aliphatic rings. The second kappa shape index (κ2) is 21.0. The minimum atomic E-state index is -2.93. The second-order valence-electron chi connectivity index (χ2n) is 14.8. The van der Waals surface area contributed by atoms with Crippen LogP contribution in [0.15, 0.2) is 0 Å². The van der Waals surface area contributed by atoms with Crippen LogP contribution in [0.3, 0.4) is 0 Å². The van der Waals surface area contributed by atoms with Crippen molar-refractivity contribution in [2.24, 2.45) is 0 Å². The van der Waals surface area contributed by atoms with Gasteiger partial charge in [-0.2, -0.15) is 0 Å². The number of carboxylic acids is 1. The SMILES string of the molecule is CC(=O)N[C@H]1[C@H](O[C@H]2[C@@H](O)[C@@H](CO)OC(O[C@H]3[C@@H](O)[C@@H](CO[C@]4(C(=O)O)C[C@H](O)[C@@H](NC(C)=O)[C@H]([C@H](O)[C@H](O)CO)O4)OC(O)[C@@H]3NC(C)=O)[C@@H]2O)O[C@H](CO)[C@@H](O)[C@@H]1O. The fourth-order valence-corrected chi connectivity index (χ4v) is 7.34. The fraction of sp³-hybridized carbons (Fsp3) is 0.879. The van der Waals surface area contributed by atoms with Crippen LogP contribution in [0.25, 0.3) is 0 Å². The van der Waals surface area contributed by atoms with E-state index in [1.165, 1.54) is 0 Å². The maximum absolute atomic E-state index is 12.7. The Morgan fingerprint density at radius 3 is 1.73 bits per heavy atom. The van der Waals surface area contributed by atoms with Crippen molar-refractivity contribution in [1.29, 1.82) is 0 Å². The Morgan fingerprint density at radius 2 is 1.18 bits per heavy atom. The van der Waals surface area contributed by atoms with Crippen LogP contribution in [0.5, 0.6) is 0 Å². The minimum absolute atomic E-state index is 0.740. The predicted molar refractivity (Wildman–Crippen MR) is 186 cm³/mol. The van der Waals surface area contributed by atoms with Gasteiger partial charge in [-0.05, 0) is 0 Å². The van der Waals surface area contributed by atoms with Gasteiger partial charge in [0.15, 0.2) is 18.9 Å². The third-order valence-electron chi connectivity index (χ3n) is 10.4. The quantitative estimate of drug-likeness (QED) is 0.0684. The van der Waals surface area contributed by atoms with Crippen molar-refractivity contribution < 1.29 is 119 Å². The van der Waals surface area contributed by atoms with Crippen LogP contribution in [0.4, 0.5) is 0 Å². The van der Waals surface area contributed by atoms with Crippen molar-refractivity contribution in [3.05, 3.63) is 0 Å². The van der Waals surface area contributed by atoms with E-state index >= 15 is 0 Å². The first-order valence-corrected chi connectivity index (χ1v) is 18.7. The summed E-state index contributed by atoms with van der Waals surface area (Å²) >= 11 is 0. The minimum Gasteiger partial charge on any atom is -0.477 e. The van der Waals surface area contributed by atoms with Crippen LogP contribution in [-0.2, 0) is 52.3 Å². The molecular weight excluding hydrogens is 822 g/mol. The van der Waals surface area contributed by atoms with Gasteiger partial charge in [0.1, 0.15) is 91.4 Å². The van der Waals surface area contributed by atoms with Crippen LogP contribution < -0.4 is 16.0 Å². The van der Waals surface area contributed by atoms with Gasteiger partial charge >= 0.3 is 5.97 Å². The summed E-state index contributed by atoms with van der Waals surface area (Å²) in [5, 5.41) is 144.